The first kappa shape index (κ1) is 19.6. The van der Waals surface area contributed by atoms with Crippen LogP contribution in [0.25, 0.3) is 11.1 Å². The van der Waals surface area contributed by atoms with Gasteiger partial charge in [0.05, 0.1) is 18.2 Å². The van der Waals surface area contributed by atoms with Gasteiger partial charge >= 0.3 is 0 Å². The number of hydrogen-bond acceptors (Lipinski definition) is 2. The van der Waals surface area contributed by atoms with E-state index in [4.69, 9.17) is 21.1 Å². The van der Waals surface area contributed by atoms with Crippen LogP contribution in [0.4, 0.5) is 4.39 Å². The van der Waals surface area contributed by atoms with Gasteiger partial charge in [0.2, 0.25) is 6.29 Å². The van der Waals surface area contributed by atoms with Crippen LogP contribution in [0.15, 0.2) is 55.1 Å². The summed E-state index contributed by atoms with van der Waals surface area (Å²) in [5.74, 6) is 6.09. The summed E-state index contributed by atoms with van der Waals surface area (Å²) in [6.07, 6.45) is 4.68. The van der Waals surface area contributed by atoms with Crippen LogP contribution in [0.2, 0.25) is 5.02 Å². The third kappa shape index (κ3) is 5.68. The molecule has 4 heteroatoms. The van der Waals surface area contributed by atoms with Crippen LogP contribution >= 0.6 is 11.6 Å². The molecule has 1 aliphatic rings. The molecule has 0 radical (unpaired) electrons. The van der Waals surface area contributed by atoms with Gasteiger partial charge in [-0.25, -0.2) is 4.39 Å². The van der Waals surface area contributed by atoms with Gasteiger partial charge in [0.25, 0.3) is 0 Å². The van der Waals surface area contributed by atoms with Gasteiger partial charge in [-0.15, -0.1) is 6.58 Å². The Kier molecular flexibility index (Phi) is 7.06. The van der Waals surface area contributed by atoms with Gasteiger partial charge in [-0.2, -0.15) is 0 Å². The van der Waals surface area contributed by atoms with E-state index < -0.39 is 12.1 Å². The maximum absolute atomic E-state index is 13.6. The second-order valence-electron chi connectivity index (χ2n) is 6.56. The van der Waals surface area contributed by atoms with E-state index in [1.807, 2.05) is 30.3 Å². The van der Waals surface area contributed by atoms with Crippen LogP contribution < -0.4 is 0 Å². The Labute approximate surface area is 165 Å². The number of allylic oxidation sites excluding steroid dienone is 1. The smallest absolute Gasteiger partial charge is 0.222 e. The van der Waals surface area contributed by atoms with Crippen molar-refractivity contribution >= 4 is 11.6 Å². The molecule has 1 saturated heterocycles. The molecule has 2 aromatic rings. The van der Waals surface area contributed by atoms with E-state index >= 15 is 0 Å². The molecule has 0 saturated carbocycles. The molecule has 2 aromatic carbocycles. The molecule has 1 heterocycles. The first-order valence-corrected chi connectivity index (χ1v) is 9.44. The third-order valence-electron chi connectivity index (χ3n) is 4.46. The van der Waals surface area contributed by atoms with E-state index in [-0.39, 0.29) is 5.02 Å². The van der Waals surface area contributed by atoms with Crippen LogP contribution in [0, 0.1) is 23.6 Å². The summed E-state index contributed by atoms with van der Waals surface area (Å²) in [5, 5.41) is 0.122. The minimum absolute atomic E-state index is 0.122. The molecule has 0 aliphatic carbocycles. The van der Waals surface area contributed by atoms with Gasteiger partial charge in [0.1, 0.15) is 5.82 Å². The Balaban J connectivity index is 1.55. The highest BCUT2D eigenvalue weighted by Crippen LogP contribution is 2.24. The van der Waals surface area contributed by atoms with Crippen molar-refractivity contribution in [3.8, 4) is 23.0 Å². The van der Waals surface area contributed by atoms with Crippen LogP contribution in [0.5, 0.6) is 0 Å². The lowest BCUT2D eigenvalue weighted by Crippen LogP contribution is -2.31. The molecule has 0 amide bonds. The minimum atomic E-state index is -0.481. The number of benzene rings is 2. The normalized spacial score (nSPS) is 19.2. The zero-order valence-corrected chi connectivity index (χ0v) is 15.8. The molecule has 1 fully saturated rings. The Bertz CT molecular complexity index is 828. The molecule has 140 valence electrons. The summed E-state index contributed by atoms with van der Waals surface area (Å²) in [6.45, 7) is 5.09. The van der Waals surface area contributed by atoms with E-state index in [2.05, 4.69) is 18.4 Å². The van der Waals surface area contributed by atoms with Crippen molar-refractivity contribution in [3.05, 3.63) is 71.5 Å². The second-order valence-corrected chi connectivity index (χ2v) is 6.97. The molecule has 0 bridgehead atoms. The molecule has 27 heavy (non-hydrogen) atoms. The molecular weight excluding hydrogens is 363 g/mol. The first-order chi connectivity index (χ1) is 13.2. The zero-order chi connectivity index (χ0) is 19.1. The molecule has 2 nitrogen and oxygen atoms in total. The number of rotatable bonds is 5. The molecule has 0 unspecified atom stereocenters. The number of hydrogen-bond donors (Lipinski definition) is 0. The Morgan fingerprint density at radius 3 is 2.48 bits per heavy atom. The molecule has 0 aromatic heterocycles. The highest BCUT2D eigenvalue weighted by Gasteiger charge is 2.20. The Morgan fingerprint density at radius 1 is 1.11 bits per heavy atom. The topological polar surface area (TPSA) is 18.5 Å². The SMILES string of the molecule is C=CCCC[C@H]1CO[C@H](C#Cc2ccc(-c3ccc(Cl)c(F)c3)cc2)OC1. The molecule has 0 atom stereocenters. The highest BCUT2D eigenvalue weighted by molar-refractivity contribution is 6.30. The van der Waals surface area contributed by atoms with E-state index in [1.165, 1.54) is 6.07 Å². The second kappa shape index (κ2) is 9.71. The van der Waals surface area contributed by atoms with Crippen LogP contribution in [0.1, 0.15) is 24.8 Å². The third-order valence-corrected chi connectivity index (χ3v) is 4.77. The van der Waals surface area contributed by atoms with Gasteiger partial charge in [-0.3, -0.25) is 0 Å². The first-order valence-electron chi connectivity index (χ1n) is 9.07. The van der Waals surface area contributed by atoms with E-state index in [0.717, 1.165) is 36.0 Å². The van der Waals surface area contributed by atoms with Crippen molar-refractivity contribution < 1.29 is 13.9 Å². The number of ether oxygens (including phenoxy) is 2. The number of unbranched alkanes of at least 4 members (excludes halogenated alkanes) is 1. The Hall–Kier alpha value is -2.12. The minimum Gasteiger partial charge on any atom is -0.342 e. The van der Waals surface area contributed by atoms with Crippen molar-refractivity contribution in [1.82, 2.24) is 0 Å². The van der Waals surface area contributed by atoms with Gasteiger partial charge in [-0.1, -0.05) is 41.8 Å². The summed E-state index contributed by atoms with van der Waals surface area (Å²) in [6, 6.07) is 12.4. The van der Waals surface area contributed by atoms with Crippen LogP contribution in [0.3, 0.4) is 0 Å². The van der Waals surface area contributed by atoms with Gasteiger partial charge in [0, 0.05) is 11.5 Å². The standard InChI is InChI=1S/C23H22ClFO2/c1-2-3-4-5-18-15-26-23(27-16-18)13-8-17-6-9-19(10-7-17)20-11-12-21(24)22(25)14-20/h2,6-7,9-12,14,18,23H,1,3-5,15-16H2/t18-,23-. The molecule has 0 spiro atoms. The lowest BCUT2D eigenvalue weighted by atomic mass is 10.0. The summed E-state index contributed by atoms with van der Waals surface area (Å²) in [5.41, 5.74) is 2.54. The zero-order valence-electron chi connectivity index (χ0n) is 15.1. The molecule has 0 N–H and O–H groups in total. The van der Waals surface area contributed by atoms with Gasteiger partial charge < -0.3 is 9.47 Å². The van der Waals surface area contributed by atoms with Crippen molar-refractivity contribution in [3.63, 3.8) is 0 Å². The van der Waals surface area contributed by atoms with E-state index in [1.54, 1.807) is 12.1 Å². The predicted octanol–water partition coefficient (Wildman–Crippen LogP) is 5.84. The maximum atomic E-state index is 13.6. The van der Waals surface area contributed by atoms with E-state index in [9.17, 15) is 4.39 Å². The van der Waals surface area contributed by atoms with Gasteiger partial charge in [-0.05, 0) is 60.6 Å². The quantitative estimate of drug-likeness (QED) is 0.366. The number of halogens is 2. The van der Waals surface area contributed by atoms with Crippen molar-refractivity contribution in [2.45, 2.75) is 25.6 Å². The van der Waals surface area contributed by atoms with Crippen LogP contribution in [-0.4, -0.2) is 19.5 Å². The lowest BCUT2D eigenvalue weighted by molar-refractivity contribution is -0.170. The van der Waals surface area contributed by atoms with E-state index in [0.29, 0.717) is 19.1 Å². The fraction of sp³-hybridized carbons (Fsp3) is 0.304. The molecule has 3 rings (SSSR count). The molecular formula is C23H22ClFO2. The van der Waals surface area contributed by atoms with Crippen molar-refractivity contribution in [2.24, 2.45) is 5.92 Å². The largest absolute Gasteiger partial charge is 0.342 e. The fourth-order valence-corrected chi connectivity index (χ4v) is 3.03. The summed E-state index contributed by atoms with van der Waals surface area (Å²) < 4.78 is 25.0. The maximum Gasteiger partial charge on any atom is 0.222 e. The fourth-order valence-electron chi connectivity index (χ4n) is 2.91. The molecule has 1 aliphatic heterocycles. The predicted molar refractivity (Wildman–Crippen MR) is 107 cm³/mol. The summed E-state index contributed by atoms with van der Waals surface area (Å²) >= 11 is 5.73. The van der Waals surface area contributed by atoms with Crippen LogP contribution in [-0.2, 0) is 9.47 Å². The lowest BCUT2D eigenvalue weighted by Gasteiger charge is -2.26. The van der Waals surface area contributed by atoms with Crippen molar-refractivity contribution in [1.29, 1.82) is 0 Å². The Morgan fingerprint density at radius 2 is 1.81 bits per heavy atom. The van der Waals surface area contributed by atoms with Crippen molar-refractivity contribution in [2.75, 3.05) is 13.2 Å². The average molecular weight is 385 g/mol. The van der Waals surface area contributed by atoms with Gasteiger partial charge in [0.15, 0.2) is 0 Å². The monoisotopic (exact) mass is 384 g/mol. The average Bonchev–Trinajstić information content (AvgIpc) is 2.70. The highest BCUT2D eigenvalue weighted by atomic mass is 35.5. The summed E-state index contributed by atoms with van der Waals surface area (Å²) in [7, 11) is 0. The summed E-state index contributed by atoms with van der Waals surface area (Å²) in [4.78, 5) is 0.